The maximum atomic E-state index is 6.46. The maximum absolute atomic E-state index is 6.46. The van der Waals surface area contributed by atoms with Crippen LogP contribution in [0.25, 0.3) is 27.7 Å². The van der Waals surface area contributed by atoms with Crippen molar-refractivity contribution in [1.82, 2.24) is 19.6 Å². The third-order valence-corrected chi connectivity index (χ3v) is 6.13. The minimum atomic E-state index is 0.415. The summed E-state index contributed by atoms with van der Waals surface area (Å²) in [7, 11) is 2.05. The number of benzene rings is 1. The van der Waals surface area contributed by atoms with Gasteiger partial charge in [-0.1, -0.05) is 18.2 Å². The molecule has 4 N–H and O–H groups in total. The Kier molecular flexibility index (Phi) is 4.05. The number of nitrogen functional groups attached to an aromatic ring is 1. The van der Waals surface area contributed by atoms with Crippen LogP contribution in [-0.4, -0.2) is 34.0 Å². The minimum Gasteiger partial charge on any atom is -0.384 e. The van der Waals surface area contributed by atoms with Gasteiger partial charge in [0.1, 0.15) is 13.7 Å². The quantitative estimate of drug-likeness (QED) is 0.535. The molecule has 1 aliphatic rings. The van der Waals surface area contributed by atoms with E-state index in [9.17, 15) is 0 Å². The molecule has 6 nitrogen and oxygen atoms in total. The summed E-state index contributed by atoms with van der Waals surface area (Å²) in [5.41, 5.74) is 18.2. The fourth-order valence-corrected chi connectivity index (χ4v) is 4.47. The number of nitrogens with zero attached hydrogens (tertiary/aromatic N) is 4. The smallest absolute Gasteiger partial charge is 0.165 e. The predicted octanol–water partition coefficient (Wildman–Crippen LogP) is 1.63. The van der Waals surface area contributed by atoms with Crippen molar-refractivity contribution in [3.8, 4) is 11.1 Å². The Morgan fingerprint density at radius 1 is 1.18 bits per heavy atom. The number of hydrogen-bond acceptors (Lipinski definition) is 5. The molecule has 0 bridgehead atoms. The Labute approximate surface area is 164 Å². The van der Waals surface area contributed by atoms with E-state index in [1.54, 1.807) is 4.52 Å². The fourth-order valence-electron chi connectivity index (χ4n) is 4.47. The normalized spacial score (nSPS) is 19.6. The van der Waals surface area contributed by atoms with Gasteiger partial charge in [-0.25, -0.2) is 4.98 Å². The van der Waals surface area contributed by atoms with Crippen LogP contribution in [0, 0.1) is 5.92 Å². The first kappa shape index (κ1) is 17.2. The van der Waals surface area contributed by atoms with E-state index in [-0.39, 0.29) is 0 Å². The molecule has 5 rings (SSSR count). The molecule has 0 saturated heterocycles. The highest BCUT2D eigenvalue weighted by molar-refractivity contribution is 6.36. The van der Waals surface area contributed by atoms with Crippen molar-refractivity contribution in [2.45, 2.75) is 25.2 Å². The Morgan fingerprint density at radius 2 is 2.04 bits per heavy atom. The number of rotatable bonds is 3. The third-order valence-electron chi connectivity index (χ3n) is 6.13. The predicted molar refractivity (Wildman–Crippen MR) is 115 cm³/mol. The molecule has 1 aliphatic carbocycles. The zero-order chi connectivity index (χ0) is 19.3. The van der Waals surface area contributed by atoms with Gasteiger partial charge in [-0.15, -0.1) is 0 Å². The Bertz CT molecular complexity index is 1180. The Hall–Kier alpha value is -2.93. The van der Waals surface area contributed by atoms with E-state index in [2.05, 4.69) is 22.2 Å². The van der Waals surface area contributed by atoms with Crippen LogP contribution in [0.3, 0.4) is 0 Å². The van der Waals surface area contributed by atoms with Gasteiger partial charge >= 0.3 is 0 Å². The molecule has 3 heterocycles. The van der Waals surface area contributed by atoms with Crippen LogP contribution in [-0.2, 0) is 0 Å². The van der Waals surface area contributed by atoms with Crippen LogP contribution in [0.1, 0.15) is 30.9 Å². The topological polar surface area (TPSA) is 95.1 Å². The van der Waals surface area contributed by atoms with Crippen molar-refractivity contribution in [3.05, 3.63) is 48.4 Å². The van der Waals surface area contributed by atoms with Gasteiger partial charge in [0.2, 0.25) is 0 Å². The molecule has 0 radical (unpaired) electrons. The number of pyridine rings is 1. The second-order valence-electron chi connectivity index (χ2n) is 7.83. The van der Waals surface area contributed by atoms with E-state index in [0.717, 1.165) is 64.6 Å². The van der Waals surface area contributed by atoms with Gasteiger partial charge in [0.15, 0.2) is 5.65 Å². The molecule has 1 aromatic carbocycles. The summed E-state index contributed by atoms with van der Waals surface area (Å²) in [6.45, 7) is 0.744. The van der Waals surface area contributed by atoms with Gasteiger partial charge in [-0.2, -0.15) is 9.61 Å². The zero-order valence-electron chi connectivity index (χ0n) is 16.0. The molecule has 3 aromatic heterocycles. The second kappa shape index (κ2) is 6.60. The molecule has 4 aromatic rings. The van der Waals surface area contributed by atoms with Crippen LogP contribution in [0.4, 0.5) is 5.82 Å². The molecular formula is C21H23BN6. The lowest BCUT2D eigenvalue weighted by Gasteiger charge is -2.16. The highest BCUT2D eigenvalue weighted by Gasteiger charge is 2.28. The van der Waals surface area contributed by atoms with Gasteiger partial charge in [0.05, 0.1) is 11.7 Å². The Morgan fingerprint density at radius 3 is 2.86 bits per heavy atom. The molecule has 2 unspecified atom stereocenters. The maximum Gasteiger partial charge on any atom is 0.165 e. The summed E-state index contributed by atoms with van der Waals surface area (Å²) >= 11 is 0. The molecule has 0 spiro atoms. The van der Waals surface area contributed by atoms with E-state index >= 15 is 0 Å². The zero-order valence-corrected chi connectivity index (χ0v) is 16.0. The number of fused-ring (bicyclic) bond motifs is 2. The van der Waals surface area contributed by atoms with E-state index in [0.29, 0.717) is 17.7 Å². The van der Waals surface area contributed by atoms with Gasteiger partial charge in [0, 0.05) is 34.3 Å². The summed E-state index contributed by atoms with van der Waals surface area (Å²) in [4.78, 5) is 9.65. The first-order valence-corrected chi connectivity index (χ1v) is 9.84. The number of nitrogens with two attached hydrogens (primary N) is 2. The second-order valence-corrected chi connectivity index (χ2v) is 7.83. The Balaban J connectivity index is 1.66. The van der Waals surface area contributed by atoms with Crippen molar-refractivity contribution in [3.63, 3.8) is 0 Å². The van der Waals surface area contributed by atoms with Crippen LogP contribution in [0.2, 0.25) is 0 Å². The molecule has 7 heteroatoms. The van der Waals surface area contributed by atoms with Crippen LogP contribution in [0.15, 0.2) is 42.7 Å². The van der Waals surface area contributed by atoms with Crippen molar-refractivity contribution in [2.24, 2.45) is 11.7 Å². The summed E-state index contributed by atoms with van der Waals surface area (Å²) in [5, 5.41) is 5.61. The van der Waals surface area contributed by atoms with Crippen molar-refractivity contribution in [1.29, 1.82) is 0 Å². The van der Waals surface area contributed by atoms with Crippen LogP contribution >= 0.6 is 0 Å². The molecule has 1 fully saturated rings. The summed E-state index contributed by atoms with van der Waals surface area (Å²) in [6.07, 6.45) is 7.09. The van der Waals surface area contributed by atoms with Crippen molar-refractivity contribution < 1.29 is 0 Å². The highest BCUT2D eigenvalue weighted by Crippen LogP contribution is 2.37. The number of para-hydroxylation sites is 1. The fraction of sp³-hybridized carbons (Fsp3) is 0.286. The number of anilines is 1. The standard InChI is InChI=1S/C21H23BN6/c22-18-19(14-6-5-12(7-14)9-23)27-21-16(11-26-28(21)20(18)24)15-8-13-3-1-2-4-17(13)25-10-15/h1-4,8,10-12,14H,5-7,9,22-24H2. The molecule has 140 valence electrons. The van der Waals surface area contributed by atoms with E-state index < -0.39 is 0 Å². The number of hydrogen-bond donors (Lipinski definition) is 2. The third kappa shape index (κ3) is 2.66. The van der Waals surface area contributed by atoms with Gasteiger partial charge in [-0.3, -0.25) is 4.98 Å². The summed E-state index contributed by atoms with van der Waals surface area (Å²) in [6, 6.07) is 10.2. The van der Waals surface area contributed by atoms with Crippen LogP contribution < -0.4 is 16.9 Å². The molecule has 28 heavy (non-hydrogen) atoms. The van der Waals surface area contributed by atoms with E-state index in [4.69, 9.17) is 16.5 Å². The molecule has 0 amide bonds. The van der Waals surface area contributed by atoms with Gasteiger partial charge < -0.3 is 11.5 Å². The van der Waals surface area contributed by atoms with Gasteiger partial charge in [-0.05, 0) is 49.3 Å². The monoisotopic (exact) mass is 370 g/mol. The van der Waals surface area contributed by atoms with Crippen molar-refractivity contribution in [2.75, 3.05) is 12.3 Å². The van der Waals surface area contributed by atoms with Gasteiger partial charge in [0.25, 0.3) is 0 Å². The van der Waals surface area contributed by atoms with E-state index in [1.165, 1.54) is 0 Å². The molecular weight excluding hydrogens is 347 g/mol. The molecule has 0 aliphatic heterocycles. The average molecular weight is 370 g/mol. The number of aromatic nitrogens is 4. The minimum absolute atomic E-state index is 0.415. The largest absolute Gasteiger partial charge is 0.384 e. The molecule has 2 atom stereocenters. The first-order chi connectivity index (χ1) is 13.7. The first-order valence-electron chi connectivity index (χ1n) is 9.84. The van der Waals surface area contributed by atoms with Crippen molar-refractivity contribution >= 4 is 35.7 Å². The lowest BCUT2D eigenvalue weighted by Crippen LogP contribution is -2.24. The molecule has 1 saturated carbocycles. The lowest BCUT2D eigenvalue weighted by atomic mass is 9.87. The van der Waals surface area contributed by atoms with E-state index in [1.807, 2.05) is 38.4 Å². The highest BCUT2D eigenvalue weighted by atomic mass is 15.3. The van der Waals surface area contributed by atoms with Crippen LogP contribution in [0.5, 0.6) is 0 Å². The summed E-state index contributed by atoms with van der Waals surface area (Å²) < 4.78 is 1.75. The lowest BCUT2D eigenvalue weighted by molar-refractivity contribution is 0.549. The SMILES string of the molecule is Bc1c(C2CCC(CN)C2)nc2c(-c3cnc4ccccc4c3)cnn2c1N. The average Bonchev–Trinajstić information content (AvgIpc) is 3.37. The summed E-state index contributed by atoms with van der Waals surface area (Å²) in [5.74, 6) is 1.66.